The van der Waals surface area contributed by atoms with E-state index in [0.717, 1.165) is 4.90 Å². The van der Waals surface area contributed by atoms with Gasteiger partial charge in [-0.15, -0.1) is 11.6 Å². The number of alkyl halides is 1. The minimum atomic E-state index is -1.15. The van der Waals surface area contributed by atoms with Gasteiger partial charge in [0.25, 0.3) is 5.91 Å². The van der Waals surface area contributed by atoms with Gasteiger partial charge in [0.05, 0.1) is 22.5 Å². The number of anilines is 3. The summed E-state index contributed by atoms with van der Waals surface area (Å²) in [6, 6.07) is 19.0. The smallest absolute Gasteiger partial charge is 0.335 e. The number of fused-ring (bicyclic) bond motifs is 1. The molecule has 3 aromatic rings. The Balaban J connectivity index is 1.90. The fourth-order valence-corrected chi connectivity index (χ4v) is 4.48. The molecule has 2 N–H and O–H groups in total. The van der Waals surface area contributed by atoms with Crippen LogP contribution in [0.5, 0.6) is 0 Å². The predicted molar refractivity (Wildman–Crippen MR) is 144 cm³/mol. The van der Waals surface area contributed by atoms with E-state index in [9.17, 15) is 24.3 Å². The van der Waals surface area contributed by atoms with E-state index in [0.29, 0.717) is 33.8 Å². The van der Waals surface area contributed by atoms with Crippen molar-refractivity contribution in [3.05, 3.63) is 89.0 Å². The van der Waals surface area contributed by atoms with Gasteiger partial charge < -0.3 is 15.3 Å². The van der Waals surface area contributed by atoms with Crippen LogP contribution in [0.3, 0.4) is 0 Å². The summed E-state index contributed by atoms with van der Waals surface area (Å²) in [5, 5.41) is 12.9. The lowest BCUT2D eigenvalue weighted by atomic mass is 9.95. The SMILES string of the molecule is CC(=O)N1C(=O)C(=C(Nc2ccc(N(C)C(=O)CCl)cc2)c2ccccc2)c2c(C)cc(C(=O)O)cc21. The number of amides is 3. The number of hydrogen-bond donors (Lipinski definition) is 2. The second-order valence-corrected chi connectivity index (χ2v) is 8.79. The quantitative estimate of drug-likeness (QED) is 0.360. The molecule has 37 heavy (non-hydrogen) atoms. The molecule has 0 radical (unpaired) electrons. The predicted octanol–water partition coefficient (Wildman–Crippen LogP) is 4.77. The average Bonchev–Trinajstić information content (AvgIpc) is 3.19. The first-order chi connectivity index (χ1) is 17.6. The summed E-state index contributed by atoms with van der Waals surface area (Å²) in [5.74, 6) is -2.62. The first kappa shape index (κ1) is 25.7. The largest absolute Gasteiger partial charge is 0.478 e. The highest BCUT2D eigenvalue weighted by atomic mass is 35.5. The Labute approximate surface area is 218 Å². The number of carboxylic acid groups (broad SMARTS) is 1. The Hall–Kier alpha value is -4.43. The molecule has 1 aliphatic heterocycles. The normalized spacial score (nSPS) is 13.7. The topological polar surface area (TPSA) is 107 Å². The van der Waals surface area contributed by atoms with E-state index in [1.165, 1.54) is 24.0 Å². The minimum Gasteiger partial charge on any atom is -0.478 e. The van der Waals surface area contributed by atoms with Gasteiger partial charge in [-0.05, 0) is 54.4 Å². The monoisotopic (exact) mass is 517 g/mol. The molecule has 0 atom stereocenters. The maximum Gasteiger partial charge on any atom is 0.335 e. The van der Waals surface area contributed by atoms with Crippen LogP contribution in [-0.2, 0) is 14.4 Å². The van der Waals surface area contributed by atoms with Gasteiger partial charge in [-0.25, -0.2) is 9.69 Å². The first-order valence-electron chi connectivity index (χ1n) is 11.4. The van der Waals surface area contributed by atoms with Crippen LogP contribution in [0.2, 0.25) is 0 Å². The average molecular weight is 518 g/mol. The maximum absolute atomic E-state index is 13.7. The van der Waals surface area contributed by atoms with E-state index < -0.39 is 17.8 Å². The molecule has 0 bridgehead atoms. The van der Waals surface area contributed by atoms with Crippen LogP contribution in [0, 0.1) is 6.92 Å². The fourth-order valence-electron chi connectivity index (χ4n) is 4.30. The molecule has 3 aromatic carbocycles. The Morgan fingerprint density at radius 2 is 1.65 bits per heavy atom. The van der Waals surface area contributed by atoms with Crippen molar-refractivity contribution >= 4 is 63.6 Å². The number of aryl methyl sites for hydroxylation is 1. The summed E-state index contributed by atoms with van der Waals surface area (Å²) in [7, 11) is 1.63. The van der Waals surface area contributed by atoms with E-state index >= 15 is 0 Å². The number of nitrogens with one attached hydrogen (secondary N) is 1. The molecule has 0 saturated carbocycles. The van der Waals surface area contributed by atoms with Gasteiger partial charge in [-0.3, -0.25) is 14.4 Å². The number of carbonyl (C=O) groups excluding carboxylic acids is 3. The molecule has 0 fully saturated rings. The highest BCUT2D eigenvalue weighted by Gasteiger charge is 2.39. The van der Waals surface area contributed by atoms with E-state index in [2.05, 4.69) is 5.32 Å². The van der Waals surface area contributed by atoms with Crippen LogP contribution >= 0.6 is 11.6 Å². The zero-order valence-corrected chi connectivity index (χ0v) is 21.2. The number of aromatic carboxylic acids is 1. The summed E-state index contributed by atoms with van der Waals surface area (Å²) in [4.78, 5) is 52.3. The number of rotatable bonds is 6. The van der Waals surface area contributed by atoms with Crippen molar-refractivity contribution in [3.8, 4) is 0 Å². The summed E-state index contributed by atoms with van der Waals surface area (Å²) in [5.41, 5.74) is 3.94. The van der Waals surface area contributed by atoms with Crippen molar-refractivity contribution in [1.29, 1.82) is 0 Å². The Kier molecular flexibility index (Phi) is 7.13. The van der Waals surface area contributed by atoms with Gasteiger partial charge in [0.1, 0.15) is 5.88 Å². The lowest BCUT2D eigenvalue weighted by Crippen LogP contribution is -2.31. The molecule has 1 heterocycles. The summed E-state index contributed by atoms with van der Waals surface area (Å²) in [6.45, 7) is 2.98. The zero-order valence-electron chi connectivity index (χ0n) is 20.4. The fraction of sp³-hybridized carbons (Fsp3) is 0.143. The molecular formula is C28H24ClN3O5. The first-order valence-corrected chi connectivity index (χ1v) is 11.9. The number of nitrogens with zero attached hydrogens (tertiary/aromatic N) is 2. The lowest BCUT2D eigenvalue weighted by Gasteiger charge is -2.18. The van der Waals surface area contributed by atoms with Gasteiger partial charge in [-0.1, -0.05) is 30.3 Å². The van der Waals surface area contributed by atoms with Crippen LogP contribution in [0.4, 0.5) is 17.1 Å². The number of carbonyl (C=O) groups is 4. The molecular weight excluding hydrogens is 494 g/mol. The van der Waals surface area contributed by atoms with Crippen molar-refractivity contribution < 1.29 is 24.3 Å². The molecule has 9 heteroatoms. The third kappa shape index (κ3) is 4.83. The Bertz CT molecular complexity index is 1450. The summed E-state index contributed by atoms with van der Waals surface area (Å²) in [6.07, 6.45) is 0. The highest BCUT2D eigenvalue weighted by molar-refractivity contribution is 6.44. The highest BCUT2D eigenvalue weighted by Crippen LogP contribution is 2.43. The van der Waals surface area contributed by atoms with Gasteiger partial charge in [0, 0.05) is 30.9 Å². The second-order valence-electron chi connectivity index (χ2n) is 8.53. The minimum absolute atomic E-state index is 0.0167. The van der Waals surface area contributed by atoms with Crippen LogP contribution < -0.4 is 15.1 Å². The van der Waals surface area contributed by atoms with Crippen LogP contribution in [0.15, 0.2) is 66.7 Å². The number of carboxylic acids is 1. The standard InChI is InChI=1S/C28H24ClN3O5/c1-16-13-19(28(36)37)14-22-24(16)25(27(35)32(22)17(2)33)26(18-7-5-4-6-8-18)30-20-9-11-21(12-10-20)31(3)23(34)15-29/h4-14,30H,15H2,1-3H3,(H,36,37). The van der Waals surface area contributed by atoms with Crippen molar-refractivity contribution in [2.75, 3.05) is 28.0 Å². The third-order valence-electron chi connectivity index (χ3n) is 6.11. The molecule has 1 aliphatic rings. The van der Waals surface area contributed by atoms with Gasteiger partial charge in [0.2, 0.25) is 11.8 Å². The van der Waals surface area contributed by atoms with Crippen LogP contribution in [0.1, 0.15) is 34.0 Å². The third-order valence-corrected chi connectivity index (χ3v) is 6.34. The molecule has 0 aromatic heterocycles. The Morgan fingerprint density at radius 1 is 1.00 bits per heavy atom. The molecule has 0 spiro atoms. The van der Waals surface area contributed by atoms with Crippen LogP contribution in [-0.4, -0.2) is 41.7 Å². The van der Waals surface area contributed by atoms with Gasteiger partial charge >= 0.3 is 5.97 Å². The van der Waals surface area contributed by atoms with Gasteiger partial charge in [0.15, 0.2) is 0 Å². The molecule has 0 saturated heterocycles. The van der Waals surface area contributed by atoms with E-state index in [4.69, 9.17) is 11.6 Å². The van der Waals surface area contributed by atoms with Crippen molar-refractivity contribution in [1.82, 2.24) is 0 Å². The van der Waals surface area contributed by atoms with E-state index in [-0.39, 0.29) is 28.6 Å². The number of benzene rings is 3. The summed E-state index contributed by atoms with van der Waals surface area (Å²) < 4.78 is 0. The van der Waals surface area contributed by atoms with E-state index in [1.54, 1.807) is 38.2 Å². The maximum atomic E-state index is 13.7. The molecule has 0 aliphatic carbocycles. The van der Waals surface area contributed by atoms with Crippen LogP contribution in [0.25, 0.3) is 11.3 Å². The van der Waals surface area contributed by atoms with Gasteiger partial charge in [-0.2, -0.15) is 0 Å². The lowest BCUT2D eigenvalue weighted by molar-refractivity contribution is -0.122. The molecule has 0 unspecified atom stereocenters. The van der Waals surface area contributed by atoms with Crippen molar-refractivity contribution in [2.24, 2.45) is 0 Å². The molecule has 3 amide bonds. The zero-order chi connectivity index (χ0) is 26.9. The number of halogens is 1. The molecule has 188 valence electrons. The Morgan fingerprint density at radius 3 is 2.22 bits per heavy atom. The van der Waals surface area contributed by atoms with Crippen molar-refractivity contribution in [2.45, 2.75) is 13.8 Å². The second kappa shape index (κ2) is 10.3. The number of hydrogen-bond acceptors (Lipinski definition) is 5. The van der Waals surface area contributed by atoms with E-state index in [1.807, 2.05) is 30.3 Å². The van der Waals surface area contributed by atoms with Crippen molar-refractivity contribution in [3.63, 3.8) is 0 Å². The number of imide groups is 1. The molecule has 4 rings (SSSR count). The summed E-state index contributed by atoms with van der Waals surface area (Å²) >= 11 is 5.66. The molecule has 8 nitrogen and oxygen atoms in total.